The van der Waals surface area contributed by atoms with Gasteiger partial charge in [-0.1, -0.05) is 38.9 Å². The van der Waals surface area contributed by atoms with Crippen LogP contribution < -0.4 is 5.32 Å². The Morgan fingerprint density at radius 1 is 1.21 bits per heavy atom. The van der Waals surface area contributed by atoms with Gasteiger partial charge in [-0.05, 0) is 36.4 Å². The number of hydrogen-bond acceptors (Lipinski definition) is 3. The molecule has 0 amide bonds. The minimum atomic E-state index is -0.395. The third kappa shape index (κ3) is 2.73. The summed E-state index contributed by atoms with van der Waals surface area (Å²) in [5.41, 5.74) is 1.23. The number of fused-ring (bicyclic) bond motifs is 1. The van der Waals surface area contributed by atoms with Crippen molar-refractivity contribution < 1.29 is 4.39 Å². The molecule has 0 bridgehead atoms. The van der Waals surface area contributed by atoms with E-state index in [2.05, 4.69) is 26.2 Å². The molecule has 1 heterocycles. The van der Waals surface area contributed by atoms with Gasteiger partial charge in [0.2, 0.25) is 0 Å². The molecule has 2 aromatic carbocycles. The molecular weight excluding hydrogens is 351 g/mol. The molecule has 96 valence electrons. The molecule has 0 fully saturated rings. The Morgan fingerprint density at radius 3 is 2.84 bits per heavy atom. The van der Waals surface area contributed by atoms with Gasteiger partial charge in [-0.15, -0.1) is 0 Å². The molecule has 1 aromatic heterocycles. The zero-order valence-electron chi connectivity index (χ0n) is 9.45. The standard InChI is InChI=1S/C13H7BrClFN2S/c14-7-1-4-12-11(5-7)18-13(19-12)17-10-3-2-8(15)6-9(10)16/h1-6H,(H,17,18). The van der Waals surface area contributed by atoms with Crippen LogP contribution in [-0.4, -0.2) is 4.98 Å². The second-order valence-electron chi connectivity index (χ2n) is 3.88. The van der Waals surface area contributed by atoms with Crippen molar-refractivity contribution >= 4 is 59.9 Å². The molecule has 19 heavy (non-hydrogen) atoms. The summed E-state index contributed by atoms with van der Waals surface area (Å²) in [7, 11) is 0. The number of halogens is 3. The zero-order valence-corrected chi connectivity index (χ0v) is 12.6. The van der Waals surface area contributed by atoms with Crippen LogP contribution >= 0.6 is 38.9 Å². The molecule has 1 N–H and O–H groups in total. The first-order valence-electron chi connectivity index (χ1n) is 5.40. The summed E-state index contributed by atoms with van der Waals surface area (Å²) in [5.74, 6) is -0.395. The van der Waals surface area contributed by atoms with E-state index >= 15 is 0 Å². The summed E-state index contributed by atoms with van der Waals surface area (Å²) in [4.78, 5) is 4.41. The van der Waals surface area contributed by atoms with E-state index in [0.717, 1.165) is 14.7 Å². The lowest BCUT2D eigenvalue weighted by molar-refractivity contribution is 0.632. The molecule has 0 aliphatic heterocycles. The topological polar surface area (TPSA) is 24.9 Å². The maximum absolute atomic E-state index is 13.7. The summed E-state index contributed by atoms with van der Waals surface area (Å²) in [5, 5.41) is 3.99. The molecule has 0 spiro atoms. The van der Waals surface area contributed by atoms with Crippen molar-refractivity contribution in [2.75, 3.05) is 5.32 Å². The number of thiazole rings is 1. The molecule has 0 aliphatic carbocycles. The lowest BCUT2D eigenvalue weighted by atomic mass is 10.3. The van der Waals surface area contributed by atoms with E-state index in [1.165, 1.54) is 17.4 Å². The van der Waals surface area contributed by atoms with Gasteiger partial charge in [-0.2, -0.15) is 0 Å². The quantitative estimate of drug-likeness (QED) is 0.646. The molecule has 2 nitrogen and oxygen atoms in total. The highest BCUT2D eigenvalue weighted by Crippen LogP contribution is 2.31. The van der Waals surface area contributed by atoms with Crippen molar-refractivity contribution in [3.05, 3.63) is 51.7 Å². The number of anilines is 2. The second-order valence-corrected chi connectivity index (χ2v) is 6.26. The van der Waals surface area contributed by atoms with E-state index in [-0.39, 0.29) is 0 Å². The number of nitrogens with zero attached hydrogens (tertiary/aromatic N) is 1. The van der Waals surface area contributed by atoms with Crippen LogP contribution in [0.1, 0.15) is 0 Å². The average Bonchev–Trinajstić information content (AvgIpc) is 2.74. The van der Waals surface area contributed by atoms with Crippen LogP contribution in [0.15, 0.2) is 40.9 Å². The Hall–Kier alpha value is -1.17. The summed E-state index contributed by atoms with van der Waals surface area (Å²) in [6.07, 6.45) is 0. The monoisotopic (exact) mass is 356 g/mol. The predicted molar refractivity (Wildman–Crippen MR) is 82.0 cm³/mol. The second kappa shape index (κ2) is 5.07. The van der Waals surface area contributed by atoms with E-state index < -0.39 is 5.82 Å². The van der Waals surface area contributed by atoms with Gasteiger partial charge in [-0.25, -0.2) is 9.37 Å². The molecule has 0 saturated heterocycles. The lowest BCUT2D eigenvalue weighted by Crippen LogP contribution is -1.92. The predicted octanol–water partition coefficient (Wildman–Crippen LogP) is 5.59. The Morgan fingerprint density at radius 2 is 2.05 bits per heavy atom. The molecule has 3 rings (SSSR count). The number of nitrogens with one attached hydrogen (secondary N) is 1. The third-order valence-electron chi connectivity index (χ3n) is 2.52. The summed E-state index contributed by atoms with van der Waals surface area (Å²) < 4.78 is 15.7. The van der Waals surface area contributed by atoms with Crippen LogP contribution in [0.3, 0.4) is 0 Å². The number of benzene rings is 2. The minimum Gasteiger partial charge on any atom is -0.329 e. The van der Waals surface area contributed by atoms with E-state index in [1.54, 1.807) is 12.1 Å². The third-order valence-corrected chi connectivity index (χ3v) is 4.20. The van der Waals surface area contributed by atoms with Gasteiger partial charge in [0.1, 0.15) is 5.82 Å². The molecule has 3 aromatic rings. The van der Waals surface area contributed by atoms with Crippen molar-refractivity contribution in [1.82, 2.24) is 4.98 Å². The van der Waals surface area contributed by atoms with Gasteiger partial charge in [-0.3, -0.25) is 0 Å². The summed E-state index contributed by atoms with van der Waals surface area (Å²) in [6, 6.07) is 10.4. The molecule has 0 saturated carbocycles. The SMILES string of the molecule is Fc1cc(Cl)ccc1Nc1nc2cc(Br)ccc2s1. The van der Waals surface area contributed by atoms with E-state index in [1.807, 2.05) is 18.2 Å². The largest absolute Gasteiger partial charge is 0.329 e. The maximum atomic E-state index is 13.7. The number of aromatic nitrogens is 1. The molecule has 0 unspecified atom stereocenters. The van der Waals surface area contributed by atoms with Gasteiger partial charge >= 0.3 is 0 Å². The number of rotatable bonds is 2. The highest BCUT2D eigenvalue weighted by atomic mass is 79.9. The fraction of sp³-hybridized carbons (Fsp3) is 0. The van der Waals surface area contributed by atoms with Gasteiger partial charge in [0.25, 0.3) is 0 Å². The first-order valence-corrected chi connectivity index (χ1v) is 7.39. The van der Waals surface area contributed by atoms with Crippen LogP contribution in [0, 0.1) is 5.82 Å². The van der Waals surface area contributed by atoms with Gasteiger partial charge in [0, 0.05) is 9.50 Å². The Labute approximate surface area is 126 Å². The molecular formula is C13H7BrClFN2S. The van der Waals surface area contributed by atoms with Crippen LogP contribution in [0.25, 0.3) is 10.2 Å². The maximum Gasteiger partial charge on any atom is 0.188 e. The van der Waals surface area contributed by atoms with Crippen molar-refractivity contribution in [2.24, 2.45) is 0 Å². The van der Waals surface area contributed by atoms with Crippen LogP contribution in [0.4, 0.5) is 15.2 Å². The smallest absolute Gasteiger partial charge is 0.188 e. The Kier molecular flexibility index (Phi) is 3.43. The summed E-state index contributed by atoms with van der Waals surface area (Å²) in [6.45, 7) is 0. The van der Waals surface area contributed by atoms with Crippen molar-refractivity contribution in [2.45, 2.75) is 0 Å². The average molecular weight is 358 g/mol. The lowest BCUT2D eigenvalue weighted by Gasteiger charge is -2.03. The van der Waals surface area contributed by atoms with E-state index in [4.69, 9.17) is 11.6 Å². The minimum absolute atomic E-state index is 0.363. The fourth-order valence-electron chi connectivity index (χ4n) is 1.66. The normalized spacial score (nSPS) is 10.9. The van der Waals surface area contributed by atoms with E-state index in [0.29, 0.717) is 15.8 Å². The molecule has 6 heteroatoms. The highest BCUT2D eigenvalue weighted by Gasteiger charge is 2.07. The molecule has 0 aliphatic rings. The molecule has 0 radical (unpaired) electrons. The van der Waals surface area contributed by atoms with Crippen LogP contribution in [-0.2, 0) is 0 Å². The zero-order chi connectivity index (χ0) is 13.4. The first kappa shape index (κ1) is 12.8. The van der Waals surface area contributed by atoms with Gasteiger partial charge in [0.15, 0.2) is 5.13 Å². The van der Waals surface area contributed by atoms with Crippen LogP contribution in [0.5, 0.6) is 0 Å². The van der Waals surface area contributed by atoms with Crippen molar-refractivity contribution in [3.8, 4) is 0 Å². The summed E-state index contributed by atoms with van der Waals surface area (Å²) >= 11 is 10.6. The van der Waals surface area contributed by atoms with Crippen molar-refractivity contribution in [1.29, 1.82) is 0 Å². The van der Waals surface area contributed by atoms with Gasteiger partial charge < -0.3 is 5.32 Å². The molecule has 0 atom stereocenters. The fourth-order valence-corrected chi connectivity index (χ4v) is 3.03. The van der Waals surface area contributed by atoms with E-state index in [9.17, 15) is 4.39 Å². The number of hydrogen-bond donors (Lipinski definition) is 1. The van der Waals surface area contributed by atoms with Gasteiger partial charge in [0.05, 0.1) is 15.9 Å². The van der Waals surface area contributed by atoms with Crippen LogP contribution in [0.2, 0.25) is 5.02 Å². The first-order chi connectivity index (χ1) is 9.11. The van der Waals surface area contributed by atoms with Crippen molar-refractivity contribution in [3.63, 3.8) is 0 Å². The Balaban J connectivity index is 1.96. The highest BCUT2D eigenvalue weighted by molar-refractivity contribution is 9.10. The Bertz CT molecular complexity index is 759.